The van der Waals surface area contributed by atoms with E-state index in [2.05, 4.69) is 32.6 Å². The summed E-state index contributed by atoms with van der Waals surface area (Å²) in [5.41, 5.74) is 2.46. The number of aliphatic hydroxyl groups is 1. The van der Waals surface area contributed by atoms with Crippen molar-refractivity contribution >= 4 is 17.8 Å². The van der Waals surface area contributed by atoms with Crippen molar-refractivity contribution in [2.24, 2.45) is 11.8 Å². The molecular formula is C12H23N7O2. The Labute approximate surface area is 123 Å². The Morgan fingerprint density at radius 2 is 2.00 bits per heavy atom. The van der Waals surface area contributed by atoms with Gasteiger partial charge in [-0.05, 0) is 12.3 Å². The number of morpholine rings is 1. The fourth-order valence-corrected chi connectivity index (χ4v) is 2.00. The van der Waals surface area contributed by atoms with Crippen molar-refractivity contribution in [2.45, 2.75) is 13.3 Å². The molecule has 9 nitrogen and oxygen atoms in total. The van der Waals surface area contributed by atoms with Crippen LogP contribution in [-0.4, -0.2) is 59.5 Å². The average molecular weight is 297 g/mol. The molecule has 0 saturated carbocycles. The number of hydrogen-bond donors (Lipinski definition) is 4. The second-order valence-electron chi connectivity index (χ2n) is 5.02. The van der Waals surface area contributed by atoms with E-state index in [-0.39, 0.29) is 6.61 Å². The molecule has 1 aliphatic rings. The van der Waals surface area contributed by atoms with E-state index >= 15 is 0 Å². The summed E-state index contributed by atoms with van der Waals surface area (Å²) in [7, 11) is 0. The van der Waals surface area contributed by atoms with Gasteiger partial charge in [-0.15, -0.1) is 0 Å². The summed E-state index contributed by atoms with van der Waals surface area (Å²) in [6.45, 7) is 5.71. The molecule has 0 radical (unpaired) electrons. The SMILES string of the molecule is CC(CCO)CNc1nc(NN)nc(N2CCOCC2)n1. The Kier molecular flexibility index (Phi) is 5.90. The van der Waals surface area contributed by atoms with Crippen LogP contribution in [0.4, 0.5) is 17.8 Å². The zero-order valence-electron chi connectivity index (χ0n) is 12.2. The van der Waals surface area contributed by atoms with Crippen LogP contribution >= 0.6 is 0 Å². The maximum absolute atomic E-state index is 8.92. The van der Waals surface area contributed by atoms with Crippen molar-refractivity contribution < 1.29 is 9.84 Å². The van der Waals surface area contributed by atoms with Gasteiger partial charge in [-0.25, -0.2) is 5.84 Å². The summed E-state index contributed by atoms with van der Waals surface area (Å²) in [5, 5.41) is 12.1. The van der Waals surface area contributed by atoms with Gasteiger partial charge in [-0.2, -0.15) is 15.0 Å². The Balaban J connectivity index is 2.05. The molecule has 0 aliphatic carbocycles. The fraction of sp³-hybridized carbons (Fsp3) is 0.750. The van der Waals surface area contributed by atoms with Gasteiger partial charge < -0.3 is 20.1 Å². The van der Waals surface area contributed by atoms with E-state index in [9.17, 15) is 0 Å². The number of nitrogen functional groups attached to an aromatic ring is 1. The number of ether oxygens (including phenoxy) is 1. The van der Waals surface area contributed by atoms with Crippen LogP contribution in [0.2, 0.25) is 0 Å². The molecule has 1 fully saturated rings. The zero-order valence-corrected chi connectivity index (χ0v) is 12.2. The highest BCUT2D eigenvalue weighted by atomic mass is 16.5. The van der Waals surface area contributed by atoms with Gasteiger partial charge in [0, 0.05) is 26.2 Å². The van der Waals surface area contributed by atoms with Crippen molar-refractivity contribution in [1.29, 1.82) is 0 Å². The van der Waals surface area contributed by atoms with Gasteiger partial charge in [-0.3, -0.25) is 5.43 Å². The van der Waals surface area contributed by atoms with Crippen LogP contribution in [0.1, 0.15) is 13.3 Å². The van der Waals surface area contributed by atoms with Crippen molar-refractivity contribution in [3.63, 3.8) is 0 Å². The minimum Gasteiger partial charge on any atom is -0.396 e. The molecule has 2 heterocycles. The highest BCUT2D eigenvalue weighted by Gasteiger charge is 2.16. The van der Waals surface area contributed by atoms with Crippen LogP contribution in [0.15, 0.2) is 0 Å². The Morgan fingerprint density at radius 3 is 2.67 bits per heavy atom. The topological polar surface area (TPSA) is 121 Å². The lowest BCUT2D eigenvalue weighted by molar-refractivity contribution is 0.122. The molecule has 1 atom stereocenters. The van der Waals surface area contributed by atoms with E-state index in [4.69, 9.17) is 15.7 Å². The molecule has 0 bridgehead atoms. The zero-order chi connectivity index (χ0) is 15.1. The molecule has 9 heteroatoms. The highest BCUT2D eigenvalue weighted by molar-refractivity contribution is 5.43. The van der Waals surface area contributed by atoms with Crippen molar-refractivity contribution in [3.05, 3.63) is 0 Å². The molecule has 1 unspecified atom stereocenters. The van der Waals surface area contributed by atoms with Crippen molar-refractivity contribution in [1.82, 2.24) is 15.0 Å². The molecule has 2 rings (SSSR count). The largest absolute Gasteiger partial charge is 0.396 e. The lowest BCUT2D eigenvalue weighted by Crippen LogP contribution is -2.37. The number of aliphatic hydroxyl groups excluding tert-OH is 1. The van der Waals surface area contributed by atoms with Gasteiger partial charge >= 0.3 is 0 Å². The summed E-state index contributed by atoms with van der Waals surface area (Å²) >= 11 is 0. The first kappa shape index (κ1) is 15.7. The van der Waals surface area contributed by atoms with Gasteiger partial charge in [0.1, 0.15) is 0 Å². The van der Waals surface area contributed by atoms with Crippen LogP contribution in [0.25, 0.3) is 0 Å². The van der Waals surface area contributed by atoms with Crippen LogP contribution in [0.3, 0.4) is 0 Å². The van der Waals surface area contributed by atoms with Gasteiger partial charge in [0.25, 0.3) is 0 Å². The lowest BCUT2D eigenvalue weighted by atomic mass is 10.1. The molecule has 0 aromatic carbocycles. The summed E-state index contributed by atoms with van der Waals surface area (Å²) in [4.78, 5) is 14.9. The monoisotopic (exact) mass is 297 g/mol. The number of nitrogens with one attached hydrogen (secondary N) is 2. The third kappa shape index (κ3) is 4.66. The van der Waals surface area contributed by atoms with E-state index in [1.807, 2.05) is 4.90 Å². The predicted octanol–water partition coefficient (Wildman–Crippen LogP) is -0.576. The van der Waals surface area contributed by atoms with Crippen molar-refractivity contribution in [2.75, 3.05) is 55.1 Å². The lowest BCUT2D eigenvalue weighted by Gasteiger charge is -2.27. The maximum atomic E-state index is 8.92. The van der Waals surface area contributed by atoms with E-state index in [1.54, 1.807) is 0 Å². The van der Waals surface area contributed by atoms with Crippen LogP contribution in [0.5, 0.6) is 0 Å². The van der Waals surface area contributed by atoms with Crippen LogP contribution in [-0.2, 0) is 4.74 Å². The number of hydrazine groups is 1. The molecule has 1 saturated heterocycles. The van der Waals surface area contributed by atoms with Crippen molar-refractivity contribution in [3.8, 4) is 0 Å². The molecular weight excluding hydrogens is 274 g/mol. The first-order valence-electron chi connectivity index (χ1n) is 7.13. The molecule has 118 valence electrons. The highest BCUT2D eigenvalue weighted by Crippen LogP contribution is 2.15. The first-order chi connectivity index (χ1) is 10.2. The van der Waals surface area contributed by atoms with Gasteiger partial charge in [0.2, 0.25) is 17.8 Å². The summed E-state index contributed by atoms with van der Waals surface area (Å²) in [6, 6.07) is 0. The fourth-order valence-electron chi connectivity index (χ4n) is 2.00. The van der Waals surface area contributed by atoms with Crippen LogP contribution < -0.4 is 21.5 Å². The van der Waals surface area contributed by atoms with Crippen LogP contribution in [0, 0.1) is 5.92 Å². The Hall–Kier alpha value is -1.71. The standard InChI is InChI=1S/C12H23N7O2/c1-9(2-5-20)8-14-10-15-11(18-13)17-12(16-10)19-3-6-21-7-4-19/h9,20H,2-8,13H2,1H3,(H2,14,15,16,17,18). The van der Waals surface area contributed by atoms with E-state index < -0.39 is 0 Å². The molecule has 0 amide bonds. The maximum Gasteiger partial charge on any atom is 0.243 e. The minimum atomic E-state index is 0.175. The minimum absolute atomic E-state index is 0.175. The molecule has 1 aromatic rings. The van der Waals surface area contributed by atoms with E-state index in [1.165, 1.54) is 0 Å². The number of aromatic nitrogens is 3. The van der Waals surface area contributed by atoms with Gasteiger partial charge in [0.05, 0.1) is 13.2 Å². The average Bonchev–Trinajstić information content (AvgIpc) is 2.54. The number of nitrogens with zero attached hydrogens (tertiary/aromatic N) is 4. The number of nitrogens with two attached hydrogens (primary N) is 1. The molecule has 1 aromatic heterocycles. The molecule has 21 heavy (non-hydrogen) atoms. The number of hydrogen-bond acceptors (Lipinski definition) is 9. The quantitative estimate of drug-likeness (QED) is 0.387. The number of anilines is 3. The molecule has 5 N–H and O–H groups in total. The smallest absolute Gasteiger partial charge is 0.243 e. The Bertz CT molecular complexity index is 440. The molecule has 0 spiro atoms. The van der Waals surface area contributed by atoms with E-state index in [0.717, 1.165) is 19.5 Å². The van der Waals surface area contributed by atoms with Gasteiger partial charge in [0.15, 0.2) is 0 Å². The second kappa shape index (κ2) is 7.91. The van der Waals surface area contributed by atoms with E-state index in [0.29, 0.717) is 43.5 Å². The predicted molar refractivity (Wildman–Crippen MR) is 80.0 cm³/mol. The first-order valence-corrected chi connectivity index (χ1v) is 7.13. The number of rotatable bonds is 7. The third-order valence-electron chi connectivity index (χ3n) is 3.28. The normalized spacial score (nSPS) is 16.6. The van der Waals surface area contributed by atoms with Gasteiger partial charge in [-0.1, -0.05) is 6.92 Å². The summed E-state index contributed by atoms with van der Waals surface area (Å²) in [5.74, 6) is 7.12. The second-order valence-corrected chi connectivity index (χ2v) is 5.02. The Morgan fingerprint density at radius 1 is 1.29 bits per heavy atom. The molecule has 1 aliphatic heterocycles. The summed E-state index contributed by atoms with van der Waals surface area (Å²) in [6.07, 6.45) is 0.733. The summed E-state index contributed by atoms with van der Waals surface area (Å²) < 4.78 is 5.32. The third-order valence-corrected chi connectivity index (χ3v) is 3.28.